The van der Waals surface area contributed by atoms with Gasteiger partial charge in [-0.25, -0.2) is 0 Å². The minimum atomic E-state index is 0.825. The maximum atomic E-state index is 5.81. The molecular formula is C10H10ClNOS. The number of nitrogens with one attached hydrogen (secondary N) is 1. The summed E-state index contributed by atoms with van der Waals surface area (Å²) in [5, 5.41) is 3.31. The molecule has 2 heterocycles. The minimum absolute atomic E-state index is 0.825. The Bertz CT molecular complexity index is 382. The van der Waals surface area contributed by atoms with Gasteiger partial charge in [0.1, 0.15) is 0 Å². The largest absolute Gasteiger partial charge is 0.472 e. The van der Waals surface area contributed by atoms with Gasteiger partial charge < -0.3 is 9.73 Å². The van der Waals surface area contributed by atoms with E-state index >= 15 is 0 Å². The number of rotatable bonds is 4. The van der Waals surface area contributed by atoms with Gasteiger partial charge in [-0.2, -0.15) is 0 Å². The van der Waals surface area contributed by atoms with E-state index in [1.54, 1.807) is 23.9 Å². The summed E-state index contributed by atoms with van der Waals surface area (Å²) in [5.74, 6) is 0. The standard InChI is InChI=1S/C10H10ClNOS/c11-10-2-1-9(14-10)6-12-5-8-3-4-13-7-8/h1-4,7,12H,5-6H2. The second-order valence-corrected chi connectivity index (χ2v) is 4.74. The summed E-state index contributed by atoms with van der Waals surface area (Å²) in [6.07, 6.45) is 3.42. The Hall–Kier alpha value is -0.770. The molecule has 14 heavy (non-hydrogen) atoms. The highest BCUT2D eigenvalue weighted by atomic mass is 35.5. The molecule has 0 bridgehead atoms. The van der Waals surface area contributed by atoms with Crippen LogP contribution < -0.4 is 5.32 Å². The van der Waals surface area contributed by atoms with Crippen LogP contribution in [-0.4, -0.2) is 0 Å². The van der Waals surface area contributed by atoms with Crippen LogP contribution in [0.4, 0.5) is 0 Å². The third kappa shape index (κ3) is 2.61. The molecule has 0 unspecified atom stereocenters. The molecule has 2 aromatic heterocycles. The topological polar surface area (TPSA) is 25.2 Å². The third-order valence-corrected chi connectivity index (χ3v) is 3.07. The molecule has 4 heteroatoms. The van der Waals surface area contributed by atoms with E-state index < -0.39 is 0 Å². The fraction of sp³-hybridized carbons (Fsp3) is 0.200. The van der Waals surface area contributed by atoms with Crippen LogP contribution in [0.3, 0.4) is 0 Å². The SMILES string of the molecule is Clc1ccc(CNCc2ccoc2)s1. The van der Waals surface area contributed by atoms with Gasteiger partial charge in [0.25, 0.3) is 0 Å². The van der Waals surface area contributed by atoms with Crippen molar-refractivity contribution in [3.8, 4) is 0 Å². The highest BCUT2D eigenvalue weighted by Crippen LogP contribution is 2.21. The zero-order chi connectivity index (χ0) is 9.80. The van der Waals surface area contributed by atoms with Gasteiger partial charge in [0.05, 0.1) is 16.9 Å². The Morgan fingerprint density at radius 1 is 1.29 bits per heavy atom. The lowest BCUT2D eigenvalue weighted by Crippen LogP contribution is -2.10. The van der Waals surface area contributed by atoms with Gasteiger partial charge in [-0.1, -0.05) is 11.6 Å². The molecule has 0 amide bonds. The molecule has 1 N–H and O–H groups in total. The van der Waals surface area contributed by atoms with E-state index in [1.807, 2.05) is 18.2 Å². The number of hydrogen-bond donors (Lipinski definition) is 1. The van der Waals surface area contributed by atoms with Crippen molar-refractivity contribution in [1.82, 2.24) is 5.32 Å². The summed E-state index contributed by atoms with van der Waals surface area (Å²) < 4.78 is 5.80. The van der Waals surface area contributed by atoms with E-state index in [0.29, 0.717) is 0 Å². The summed E-state index contributed by atoms with van der Waals surface area (Å²) in [7, 11) is 0. The maximum absolute atomic E-state index is 5.81. The molecule has 0 radical (unpaired) electrons. The average molecular weight is 228 g/mol. The van der Waals surface area contributed by atoms with E-state index in [-0.39, 0.29) is 0 Å². The van der Waals surface area contributed by atoms with E-state index in [9.17, 15) is 0 Å². The van der Waals surface area contributed by atoms with Crippen molar-refractivity contribution in [1.29, 1.82) is 0 Å². The van der Waals surface area contributed by atoms with Crippen LogP contribution in [0.2, 0.25) is 4.34 Å². The Kier molecular flexibility index (Phi) is 3.24. The first-order valence-electron chi connectivity index (χ1n) is 4.30. The molecule has 0 fully saturated rings. The lowest BCUT2D eigenvalue weighted by molar-refractivity contribution is 0.560. The molecule has 0 aliphatic carbocycles. The summed E-state index contributed by atoms with van der Waals surface area (Å²) in [6, 6.07) is 5.91. The molecule has 0 aromatic carbocycles. The molecule has 0 aliphatic heterocycles. The van der Waals surface area contributed by atoms with Crippen LogP contribution in [0.15, 0.2) is 35.1 Å². The monoisotopic (exact) mass is 227 g/mol. The van der Waals surface area contributed by atoms with Gasteiger partial charge in [-0.05, 0) is 18.2 Å². The van der Waals surface area contributed by atoms with Crippen LogP contribution in [0.5, 0.6) is 0 Å². The predicted molar refractivity (Wildman–Crippen MR) is 58.6 cm³/mol. The van der Waals surface area contributed by atoms with Crippen LogP contribution >= 0.6 is 22.9 Å². The summed E-state index contributed by atoms with van der Waals surface area (Å²) >= 11 is 7.42. The average Bonchev–Trinajstić information content (AvgIpc) is 2.77. The Morgan fingerprint density at radius 3 is 2.86 bits per heavy atom. The Balaban J connectivity index is 1.78. The quantitative estimate of drug-likeness (QED) is 0.867. The Labute approximate surface area is 91.5 Å². The molecule has 0 saturated heterocycles. The number of halogens is 1. The lowest BCUT2D eigenvalue weighted by atomic mass is 10.3. The summed E-state index contributed by atoms with van der Waals surface area (Å²) in [5.41, 5.74) is 1.16. The van der Waals surface area contributed by atoms with Gasteiger partial charge >= 0.3 is 0 Å². The highest BCUT2D eigenvalue weighted by Gasteiger charge is 1.98. The van der Waals surface area contributed by atoms with E-state index in [0.717, 1.165) is 23.0 Å². The van der Waals surface area contributed by atoms with Gasteiger partial charge in [0.15, 0.2) is 0 Å². The molecule has 2 nitrogen and oxygen atoms in total. The molecular weight excluding hydrogens is 218 g/mol. The van der Waals surface area contributed by atoms with Crippen molar-refractivity contribution in [3.05, 3.63) is 45.5 Å². The first-order valence-corrected chi connectivity index (χ1v) is 5.50. The van der Waals surface area contributed by atoms with Crippen molar-refractivity contribution in [2.75, 3.05) is 0 Å². The van der Waals surface area contributed by atoms with Gasteiger partial charge in [0.2, 0.25) is 0 Å². The van der Waals surface area contributed by atoms with Crippen molar-refractivity contribution in [2.45, 2.75) is 13.1 Å². The fourth-order valence-electron chi connectivity index (χ4n) is 1.17. The van der Waals surface area contributed by atoms with E-state index in [4.69, 9.17) is 16.0 Å². The lowest BCUT2D eigenvalue weighted by Gasteiger charge is -1.99. The van der Waals surface area contributed by atoms with E-state index in [1.165, 1.54) is 4.88 Å². The third-order valence-electron chi connectivity index (χ3n) is 1.84. The molecule has 0 spiro atoms. The van der Waals surface area contributed by atoms with Gasteiger partial charge in [-0.3, -0.25) is 0 Å². The second-order valence-electron chi connectivity index (χ2n) is 2.94. The zero-order valence-electron chi connectivity index (χ0n) is 7.50. The van der Waals surface area contributed by atoms with Gasteiger partial charge in [0, 0.05) is 23.5 Å². The van der Waals surface area contributed by atoms with Crippen LogP contribution in [0.1, 0.15) is 10.4 Å². The first-order chi connectivity index (χ1) is 6.84. The smallest absolute Gasteiger partial charge is 0.0947 e. The minimum Gasteiger partial charge on any atom is -0.472 e. The van der Waals surface area contributed by atoms with E-state index in [2.05, 4.69) is 5.32 Å². The van der Waals surface area contributed by atoms with Crippen molar-refractivity contribution in [2.24, 2.45) is 0 Å². The van der Waals surface area contributed by atoms with Crippen LogP contribution in [-0.2, 0) is 13.1 Å². The normalized spacial score (nSPS) is 10.6. The van der Waals surface area contributed by atoms with Crippen molar-refractivity contribution in [3.63, 3.8) is 0 Å². The van der Waals surface area contributed by atoms with Crippen molar-refractivity contribution < 1.29 is 4.42 Å². The second kappa shape index (κ2) is 4.64. The summed E-state index contributed by atoms with van der Waals surface area (Å²) in [4.78, 5) is 1.25. The highest BCUT2D eigenvalue weighted by molar-refractivity contribution is 7.16. The van der Waals surface area contributed by atoms with Gasteiger partial charge in [-0.15, -0.1) is 11.3 Å². The molecule has 0 aliphatic rings. The number of furan rings is 1. The maximum Gasteiger partial charge on any atom is 0.0947 e. The molecule has 0 atom stereocenters. The number of thiophene rings is 1. The number of hydrogen-bond acceptors (Lipinski definition) is 3. The zero-order valence-corrected chi connectivity index (χ0v) is 9.07. The van der Waals surface area contributed by atoms with Crippen LogP contribution in [0, 0.1) is 0 Å². The molecule has 2 rings (SSSR count). The molecule has 2 aromatic rings. The molecule has 74 valence electrons. The summed E-state index contributed by atoms with van der Waals surface area (Å²) in [6.45, 7) is 1.68. The fourth-order valence-corrected chi connectivity index (χ4v) is 2.23. The van der Waals surface area contributed by atoms with Crippen molar-refractivity contribution >= 4 is 22.9 Å². The Morgan fingerprint density at radius 2 is 2.21 bits per heavy atom. The first kappa shape index (κ1) is 9.77. The predicted octanol–water partition coefficient (Wildman–Crippen LogP) is 3.28. The van der Waals surface area contributed by atoms with Crippen LogP contribution in [0.25, 0.3) is 0 Å². The molecule has 0 saturated carbocycles.